The quantitative estimate of drug-likeness (QED) is 0.759. The number of hydrogen-bond acceptors (Lipinski definition) is 5. The van der Waals surface area contributed by atoms with Gasteiger partial charge in [0.1, 0.15) is 5.01 Å². The molecule has 0 saturated carbocycles. The van der Waals surface area contributed by atoms with Gasteiger partial charge in [0.15, 0.2) is 0 Å². The lowest BCUT2D eigenvalue weighted by molar-refractivity contribution is 0.301. The molecule has 0 aliphatic heterocycles. The van der Waals surface area contributed by atoms with Crippen molar-refractivity contribution >= 4 is 17.0 Å². The van der Waals surface area contributed by atoms with Gasteiger partial charge in [0.2, 0.25) is 0 Å². The van der Waals surface area contributed by atoms with Crippen LogP contribution in [0.5, 0.6) is 0 Å². The second kappa shape index (κ2) is 7.15. The van der Waals surface area contributed by atoms with E-state index in [-0.39, 0.29) is 6.61 Å². The number of nitrogens with zero attached hydrogens (tertiary/aromatic N) is 3. The van der Waals surface area contributed by atoms with E-state index < -0.39 is 0 Å². The highest BCUT2D eigenvalue weighted by Crippen LogP contribution is 2.23. The number of para-hydroxylation sites is 1. The number of aromatic nitrogens is 2. The van der Waals surface area contributed by atoms with Crippen molar-refractivity contribution in [2.24, 2.45) is 0 Å². The van der Waals surface area contributed by atoms with Crippen LogP contribution >= 0.6 is 11.3 Å². The van der Waals surface area contributed by atoms with Gasteiger partial charge in [-0.1, -0.05) is 24.3 Å². The van der Waals surface area contributed by atoms with Crippen LogP contribution in [-0.2, 0) is 6.54 Å². The highest BCUT2D eigenvalue weighted by Gasteiger charge is 2.10. The minimum Gasteiger partial charge on any atom is -0.395 e. The number of aliphatic hydroxyl groups is 1. The zero-order valence-corrected chi connectivity index (χ0v) is 12.9. The maximum Gasteiger partial charge on any atom is 0.142 e. The summed E-state index contributed by atoms with van der Waals surface area (Å²) in [4.78, 5) is 11.1. The molecule has 0 atom stereocenters. The Kier molecular flexibility index (Phi) is 4.78. The largest absolute Gasteiger partial charge is 0.395 e. The number of benzene rings is 1. The van der Waals surface area contributed by atoms with Crippen molar-refractivity contribution in [1.82, 2.24) is 9.97 Å². The summed E-state index contributed by atoms with van der Waals surface area (Å²) in [5.74, 6) is 0. The van der Waals surface area contributed by atoms with Gasteiger partial charge in [-0.3, -0.25) is 4.98 Å². The Labute approximate surface area is 133 Å². The zero-order chi connectivity index (χ0) is 15.2. The molecule has 5 heteroatoms. The lowest BCUT2D eigenvalue weighted by atomic mass is 10.2. The Morgan fingerprint density at radius 2 is 1.86 bits per heavy atom. The molecule has 22 heavy (non-hydrogen) atoms. The third-order valence-corrected chi connectivity index (χ3v) is 4.19. The molecule has 0 unspecified atom stereocenters. The molecule has 0 saturated heterocycles. The molecule has 0 bridgehead atoms. The highest BCUT2D eigenvalue weighted by atomic mass is 32.1. The zero-order valence-electron chi connectivity index (χ0n) is 12.1. The Balaban J connectivity index is 1.78. The Morgan fingerprint density at radius 3 is 2.59 bits per heavy atom. The topological polar surface area (TPSA) is 49.2 Å². The number of rotatable bonds is 6. The lowest BCUT2D eigenvalue weighted by Crippen LogP contribution is -2.26. The molecule has 0 fully saturated rings. The van der Waals surface area contributed by atoms with Crippen LogP contribution in [0, 0.1) is 0 Å². The fourth-order valence-corrected chi connectivity index (χ4v) is 3.03. The molecule has 0 aliphatic rings. The Morgan fingerprint density at radius 1 is 1.05 bits per heavy atom. The van der Waals surface area contributed by atoms with Gasteiger partial charge in [-0.05, 0) is 24.3 Å². The fraction of sp³-hybridized carbons (Fsp3) is 0.176. The van der Waals surface area contributed by atoms with Crippen molar-refractivity contribution in [3.05, 3.63) is 65.8 Å². The minimum absolute atomic E-state index is 0.117. The van der Waals surface area contributed by atoms with Gasteiger partial charge in [-0.15, -0.1) is 11.3 Å². The standard InChI is InChI=1S/C17H17N3OS/c21-11-10-20(15-6-2-1-3-7-15)12-14-13-22-17(19-14)16-8-4-5-9-18-16/h1-9,13,21H,10-12H2. The van der Waals surface area contributed by atoms with Gasteiger partial charge in [-0.25, -0.2) is 4.98 Å². The molecule has 2 aromatic heterocycles. The summed E-state index contributed by atoms with van der Waals surface area (Å²) in [6.07, 6.45) is 1.78. The van der Waals surface area contributed by atoms with Crippen LogP contribution in [0.4, 0.5) is 5.69 Å². The summed E-state index contributed by atoms with van der Waals surface area (Å²) in [7, 11) is 0. The van der Waals surface area contributed by atoms with Gasteiger partial charge in [0, 0.05) is 23.8 Å². The third-order valence-electron chi connectivity index (χ3n) is 3.28. The monoisotopic (exact) mass is 311 g/mol. The fourth-order valence-electron chi connectivity index (χ4n) is 2.24. The maximum atomic E-state index is 9.29. The number of pyridine rings is 1. The molecule has 4 nitrogen and oxygen atoms in total. The average molecular weight is 311 g/mol. The SMILES string of the molecule is OCCN(Cc1csc(-c2ccccn2)n1)c1ccccc1. The van der Waals surface area contributed by atoms with Crippen molar-refractivity contribution in [2.75, 3.05) is 18.1 Å². The second-order valence-corrected chi connectivity index (χ2v) is 5.70. The lowest BCUT2D eigenvalue weighted by Gasteiger charge is -2.22. The van der Waals surface area contributed by atoms with E-state index in [9.17, 15) is 5.11 Å². The van der Waals surface area contributed by atoms with E-state index in [1.165, 1.54) is 0 Å². The van der Waals surface area contributed by atoms with E-state index in [2.05, 4.69) is 20.2 Å². The van der Waals surface area contributed by atoms with E-state index in [0.29, 0.717) is 13.1 Å². The first kappa shape index (κ1) is 14.7. The van der Waals surface area contributed by atoms with Crippen LogP contribution < -0.4 is 4.90 Å². The minimum atomic E-state index is 0.117. The van der Waals surface area contributed by atoms with Gasteiger partial charge < -0.3 is 10.0 Å². The first-order valence-corrected chi connectivity index (χ1v) is 8.01. The van der Waals surface area contributed by atoms with Gasteiger partial charge in [0.05, 0.1) is 24.5 Å². The van der Waals surface area contributed by atoms with E-state index in [4.69, 9.17) is 0 Å². The van der Waals surface area contributed by atoms with Crippen molar-refractivity contribution in [3.8, 4) is 10.7 Å². The molecule has 0 radical (unpaired) electrons. The Hall–Kier alpha value is -2.24. The molecule has 112 valence electrons. The number of aliphatic hydroxyl groups excluding tert-OH is 1. The summed E-state index contributed by atoms with van der Waals surface area (Å²) < 4.78 is 0. The number of thiazole rings is 1. The molecule has 0 aliphatic carbocycles. The molecule has 0 spiro atoms. The molecular weight excluding hydrogens is 294 g/mol. The molecule has 1 aromatic carbocycles. The van der Waals surface area contributed by atoms with Crippen molar-refractivity contribution < 1.29 is 5.11 Å². The van der Waals surface area contributed by atoms with E-state index in [1.54, 1.807) is 17.5 Å². The van der Waals surface area contributed by atoms with E-state index >= 15 is 0 Å². The summed E-state index contributed by atoms with van der Waals surface area (Å²) in [5.41, 5.74) is 2.97. The van der Waals surface area contributed by atoms with Crippen molar-refractivity contribution in [1.29, 1.82) is 0 Å². The first-order chi connectivity index (χ1) is 10.9. The van der Waals surface area contributed by atoms with Crippen LogP contribution in [0.3, 0.4) is 0 Å². The molecule has 2 heterocycles. The van der Waals surface area contributed by atoms with Gasteiger partial charge in [-0.2, -0.15) is 0 Å². The maximum absolute atomic E-state index is 9.29. The smallest absolute Gasteiger partial charge is 0.142 e. The van der Waals surface area contributed by atoms with E-state index in [1.807, 2.05) is 48.5 Å². The third kappa shape index (κ3) is 3.50. The predicted octanol–water partition coefficient (Wildman–Crippen LogP) is 3.20. The van der Waals surface area contributed by atoms with Gasteiger partial charge >= 0.3 is 0 Å². The average Bonchev–Trinajstić information content (AvgIpc) is 3.05. The van der Waals surface area contributed by atoms with E-state index in [0.717, 1.165) is 22.1 Å². The van der Waals surface area contributed by atoms with Crippen molar-refractivity contribution in [2.45, 2.75) is 6.54 Å². The summed E-state index contributed by atoms with van der Waals surface area (Å²) in [6.45, 7) is 1.38. The van der Waals surface area contributed by atoms with Crippen LogP contribution in [0.15, 0.2) is 60.1 Å². The number of anilines is 1. The van der Waals surface area contributed by atoms with Crippen LogP contribution in [0.25, 0.3) is 10.7 Å². The normalized spacial score (nSPS) is 10.6. The molecule has 3 rings (SSSR count). The second-order valence-electron chi connectivity index (χ2n) is 4.84. The summed E-state index contributed by atoms with van der Waals surface area (Å²) >= 11 is 1.60. The molecular formula is C17H17N3OS. The molecule has 1 N–H and O–H groups in total. The molecule has 0 amide bonds. The van der Waals surface area contributed by atoms with Crippen molar-refractivity contribution in [3.63, 3.8) is 0 Å². The summed E-state index contributed by atoms with van der Waals surface area (Å²) in [5, 5.41) is 12.3. The molecule has 3 aromatic rings. The van der Waals surface area contributed by atoms with Crippen LogP contribution in [0.1, 0.15) is 5.69 Å². The summed E-state index contributed by atoms with van der Waals surface area (Å²) in [6, 6.07) is 15.9. The van der Waals surface area contributed by atoms with Crippen LogP contribution in [-0.4, -0.2) is 28.2 Å². The van der Waals surface area contributed by atoms with Crippen LogP contribution in [0.2, 0.25) is 0 Å². The Bertz CT molecular complexity index is 700. The highest BCUT2D eigenvalue weighted by molar-refractivity contribution is 7.13. The predicted molar refractivity (Wildman–Crippen MR) is 89.9 cm³/mol. The van der Waals surface area contributed by atoms with Gasteiger partial charge in [0.25, 0.3) is 0 Å². The number of hydrogen-bond donors (Lipinski definition) is 1. The first-order valence-electron chi connectivity index (χ1n) is 7.13.